The van der Waals surface area contributed by atoms with E-state index < -0.39 is 5.54 Å². The van der Waals surface area contributed by atoms with Crippen LogP contribution in [0.25, 0.3) is 17.2 Å². The van der Waals surface area contributed by atoms with Crippen LogP contribution in [0.4, 0.5) is 4.39 Å². The van der Waals surface area contributed by atoms with Gasteiger partial charge in [-0.05, 0) is 56.7 Å². The molecule has 1 saturated heterocycles. The molecule has 0 radical (unpaired) electrons. The molecule has 2 N–H and O–H groups in total. The summed E-state index contributed by atoms with van der Waals surface area (Å²) in [6.45, 7) is 6.67. The van der Waals surface area contributed by atoms with Gasteiger partial charge in [-0.2, -0.15) is 5.10 Å². The van der Waals surface area contributed by atoms with Crippen molar-refractivity contribution in [2.24, 2.45) is 17.6 Å². The first-order chi connectivity index (χ1) is 18.6. The van der Waals surface area contributed by atoms with Gasteiger partial charge < -0.3 is 15.4 Å². The third-order valence-corrected chi connectivity index (χ3v) is 7.67. The molecule has 1 aliphatic carbocycles. The van der Waals surface area contributed by atoms with Crippen molar-refractivity contribution in [3.8, 4) is 23.1 Å². The predicted octanol–water partition coefficient (Wildman–Crippen LogP) is 4.17. The van der Waals surface area contributed by atoms with E-state index in [1.165, 1.54) is 16.8 Å². The number of carbonyl (C=O) groups is 1. The van der Waals surface area contributed by atoms with Gasteiger partial charge in [0, 0.05) is 60.7 Å². The van der Waals surface area contributed by atoms with Gasteiger partial charge in [0.05, 0.1) is 22.0 Å². The molecule has 11 heteroatoms. The molecule has 4 aromatic rings. The number of fused-ring (bicyclic) bond motifs is 1. The van der Waals surface area contributed by atoms with Crippen LogP contribution in [-0.2, 0) is 5.54 Å². The number of aromatic nitrogens is 5. The lowest BCUT2D eigenvalue weighted by molar-refractivity contribution is 0.0751. The summed E-state index contributed by atoms with van der Waals surface area (Å²) in [5, 5.41) is 4.83. The Morgan fingerprint density at radius 3 is 2.46 bits per heavy atom. The van der Waals surface area contributed by atoms with Gasteiger partial charge in [0.15, 0.2) is 0 Å². The van der Waals surface area contributed by atoms with Gasteiger partial charge in [-0.1, -0.05) is 11.6 Å². The number of amides is 1. The van der Waals surface area contributed by atoms with E-state index in [0.717, 1.165) is 0 Å². The Labute approximate surface area is 229 Å². The highest BCUT2D eigenvalue weighted by molar-refractivity contribution is 6.34. The van der Waals surface area contributed by atoms with Crippen molar-refractivity contribution in [3.05, 3.63) is 82.6 Å². The topological polar surface area (TPSA) is 112 Å². The number of hydrogen-bond donors (Lipinski definition) is 1. The van der Waals surface area contributed by atoms with E-state index in [1.807, 2.05) is 18.7 Å². The molecule has 4 heterocycles. The highest BCUT2D eigenvalue weighted by Gasteiger charge is 2.59. The summed E-state index contributed by atoms with van der Waals surface area (Å²) in [7, 11) is 0. The number of halogens is 2. The molecule has 2 fully saturated rings. The lowest BCUT2D eigenvalue weighted by Crippen LogP contribution is -2.33. The van der Waals surface area contributed by atoms with Crippen molar-refractivity contribution in [3.63, 3.8) is 0 Å². The number of likely N-dealkylation sites (tertiary alicyclic amines) is 1. The van der Waals surface area contributed by atoms with Gasteiger partial charge in [0.2, 0.25) is 11.8 Å². The Morgan fingerprint density at radius 1 is 1.15 bits per heavy atom. The van der Waals surface area contributed by atoms with Gasteiger partial charge in [0.1, 0.15) is 11.9 Å². The Bertz CT molecular complexity index is 1540. The smallest absolute Gasteiger partial charge is 0.257 e. The Balaban J connectivity index is 1.18. The van der Waals surface area contributed by atoms with Crippen molar-refractivity contribution in [2.45, 2.75) is 32.4 Å². The fourth-order valence-corrected chi connectivity index (χ4v) is 5.59. The maximum absolute atomic E-state index is 13.5. The summed E-state index contributed by atoms with van der Waals surface area (Å²) < 4.78 is 21.4. The average Bonchev–Trinajstić information content (AvgIpc) is 3.22. The van der Waals surface area contributed by atoms with Gasteiger partial charge in [-0.15, -0.1) is 0 Å². The predicted molar refractivity (Wildman–Crippen MR) is 143 cm³/mol. The van der Waals surface area contributed by atoms with Crippen LogP contribution in [0.3, 0.4) is 0 Å². The van der Waals surface area contributed by atoms with Gasteiger partial charge in [0.25, 0.3) is 5.91 Å². The zero-order valence-corrected chi connectivity index (χ0v) is 22.4. The molecule has 0 spiro atoms. The van der Waals surface area contributed by atoms with Crippen molar-refractivity contribution < 1.29 is 13.9 Å². The van der Waals surface area contributed by atoms with E-state index in [-0.39, 0.29) is 29.7 Å². The molecule has 1 saturated carbocycles. The summed E-state index contributed by atoms with van der Waals surface area (Å²) in [6, 6.07) is 9.48. The number of nitrogens with zero attached hydrogens (tertiary/aromatic N) is 6. The first kappa shape index (κ1) is 25.4. The quantitative estimate of drug-likeness (QED) is 0.385. The Hall–Kier alpha value is -3.89. The second kappa shape index (κ2) is 9.39. The van der Waals surface area contributed by atoms with Crippen LogP contribution in [0.2, 0.25) is 5.02 Å². The number of ether oxygens (including phenoxy) is 1. The molecule has 6 rings (SSSR count). The standard InChI is InChI=1S/C28H27ClFN7O2/c1-15-18(14-37(35-15)27-32-9-4-10-33-27)26(38)36-12-19-20(13-36)25(19)39-22-11-21(28(2,3)31)23(29)24(34-22)16-5-7-17(30)8-6-16/h4-11,14,19-20,25H,12-13,31H2,1-3H3/t19-,20+,25+. The van der Waals surface area contributed by atoms with Crippen molar-refractivity contribution in [1.29, 1.82) is 0 Å². The van der Waals surface area contributed by atoms with Crippen LogP contribution in [-0.4, -0.2) is 54.7 Å². The molecular weight excluding hydrogens is 521 g/mol. The lowest BCUT2D eigenvalue weighted by Gasteiger charge is -2.24. The molecule has 9 nitrogen and oxygen atoms in total. The maximum Gasteiger partial charge on any atom is 0.257 e. The summed E-state index contributed by atoms with van der Waals surface area (Å²) in [4.78, 5) is 28.2. The molecule has 0 unspecified atom stereocenters. The van der Waals surface area contributed by atoms with E-state index in [9.17, 15) is 9.18 Å². The SMILES string of the molecule is Cc1nn(-c2ncccn2)cc1C(=O)N1C[C@@H]2[C@H](C1)[C@H]2Oc1cc(C(C)(C)N)c(Cl)c(-c2ccc(F)cc2)n1. The van der Waals surface area contributed by atoms with Crippen LogP contribution >= 0.6 is 11.6 Å². The number of benzene rings is 1. The number of hydrogen-bond acceptors (Lipinski definition) is 7. The molecule has 39 heavy (non-hydrogen) atoms. The number of carbonyl (C=O) groups excluding carboxylic acids is 1. The molecule has 0 bridgehead atoms. The fraction of sp³-hybridized carbons (Fsp3) is 0.321. The van der Waals surface area contributed by atoms with Gasteiger partial charge >= 0.3 is 0 Å². The van der Waals surface area contributed by atoms with Crippen LogP contribution in [0.15, 0.2) is 55.0 Å². The second-order valence-electron chi connectivity index (χ2n) is 10.6. The summed E-state index contributed by atoms with van der Waals surface area (Å²) >= 11 is 6.70. The van der Waals surface area contributed by atoms with E-state index in [1.54, 1.807) is 49.8 Å². The molecule has 200 valence electrons. The second-order valence-corrected chi connectivity index (χ2v) is 11.0. The van der Waals surface area contributed by atoms with Crippen LogP contribution < -0.4 is 10.5 Å². The van der Waals surface area contributed by atoms with Crippen molar-refractivity contribution in [1.82, 2.24) is 29.6 Å². The third-order valence-electron chi connectivity index (χ3n) is 7.29. The van der Waals surface area contributed by atoms with Crippen molar-refractivity contribution >= 4 is 17.5 Å². The molecule has 1 amide bonds. The number of piperidine rings is 1. The van der Waals surface area contributed by atoms with E-state index in [2.05, 4.69) is 20.1 Å². The number of pyridine rings is 1. The molecule has 1 aromatic carbocycles. The average molecular weight is 548 g/mol. The first-order valence-corrected chi connectivity index (χ1v) is 13.0. The monoisotopic (exact) mass is 547 g/mol. The molecular formula is C28H27ClFN7O2. The fourth-order valence-electron chi connectivity index (χ4n) is 5.14. The summed E-state index contributed by atoms with van der Waals surface area (Å²) in [5.41, 5.74) is 8.65. The van der Waals surface area contributed by atoms with Crippen LogP contribution in [0, 0.1) is 24.6 Å². The number of aryl methyl sites for hydroxylation is 1. The minimum absolute atomic E-state index is 0.0703. The van der Waals surface area contributed by atoms with Gasteiger partial charge in [-0.25, -0.2) is 24.0 Å². The molecule has 1 aliphatic heterocycles. The first-order valence-electron chi connectivity index (χ1n) is 12.7. The summed E-state index contributed by atoms with van der Waals surface area (Å²) in [5.74, 6) is 0.793. The van der Waals surface area contributed by atoms with Crippen LogP contribution in [0.5, 0.6) is 5.88 Å². The van der Waals surface area contributed by atoms with E-state index >= 15 is 0 Å². The normalized spacial score (nSPS) is 20.2. The third kappa shape index (κ3) is 4.74. The number of nitrogens with two attached hydrogens (primary N) is 1. The maximum atomic E-state index is 13.5. The van der Waals surface area contributed by atoms with Crippen molar-refractivity contribution in [2.75, 3.05) is 13.1 Å². The zero-order chi connectivity index (χ0) is 27.5. The molecule has 3 atom stereocenters. The Morgan fingerprint density at radius 2 is 1.82 bits per heavy atom. The van der Waals surface area contributed by atoms with E-state index in [4.69, 9.17) is 22.1 Å². The Kier molecular flexibility index (Phi) is 6.11. The number of rotatable bonds is 6. The lowest BCUT2D eigenvalue weighted by atomic mass is 9.94. The molecule has 3 aromatic heterocycles. The largest absolute Gasteiger partial charge is 0.474 e. The minimum Gasteiger partial charge on any atom is -0.474 e. The summed E-state index contributed by atoms with van der Waals surface area (Å²) in [6.07, 6.45) is 4.87. The van der Waals surface area contributed by atoms with Gasteiger partial charge in [-0.3, -0.25) is 4.79 Å². The van der Waals surface area contributed by atoms with Crippen LogP contribution in [0.1, 0.15) is 35.5 Å². The van der Waals surface area contributed by atoms with E-state index in [0.29, 0.717) is 58.0 Å². The zero-order valence-electron chi connectivity index (χ0n) is 21.7. The highest BCUT2D eigenvalue weighted by atomic mass is 35.5. The highest BCUT2D eigenvalue weighted by Crippen LogP contribution is 2.49. The molecule has 2 aliphatic rings. The minimum atomic E-state index is -0.747.